The topological polar surface area (TPSA) is 101 Å². The van der Waals surface area contributed by atoms with Crippen LogP contribution in [0.5, 0.6) is 5.75 Å². The number of ether oxygens (including phenoxy) is 2. The van der Waals surface area contributed by atoms with Crippen molar-refractivity contribution in [1.29, 1.82) is 0 Å². The van der Waals surface area contributed by atoms with E-state index in [4.69, 9.17) is 21.1 Å². The molecule has 0 aliphatic carbocycles. The van der Waals surface area contributed by atoms with Crippen molar-refractivity contribution in [3.8, 4) is 5.75 Å². The molecule has 1 fully saturated rings. The summed E-state index contributed by atoms with van der Waals surface area (Å²) in [7, 11) is 1.53. The van der Waals surface area contributed by atoms with Gasteiger partial charge in [-0.1, -0.05) is 11.6 Å². The molecule has 2 heterocycles. The van der Waals surface area contributed by atoms with Gasteiger partial charge in [-0.25, -0.2) is 14.8 Å². The first-order valence-corrected chi connectivity index (χ1v) is 9.73. The predicted octanol–water partition coefficient (Wildman–Crippen LogP) is 2.52. The Balaban J connectivity index is 1.48. The van der Waals surface area contributed by atoms with Crippen LogP contribution in [-0.4, -0.2) is 62.5 Å². The molecule has 0 radical (unpaired) electrons. The van der Waals surface area contributed by atoms with Crippen molar-refractivity contribution < 1.29 is 14.3 Å². The number of carbonyl (C=O) groups excluding carboxylic acids is 1. The molecule has 0 spiro atoms. The van der Waals surface area contributed by atoms with E-state index in [1.807, 2.05) is 13.0 Å². The highest BCUT2D eigenvalue weighted by Crippen LogP contribution is 2.27. The van der Waals surface area contributed by atoms with Gasteiger partial charge in [0.1, 0.15) is 23.2 Å². The van der Waals surface area contributed by atoms with Gasteiger partial charge in [0.15, 0.2) is 0 Å². The highest BCUT2D eigenvalue weighted by molar-refractivity contribution is 6.31. The average Bonchev–Trinajstić information content (AvgIpc) is 2.72. The number of anilines is 3. The van der Waals surface area contributed by atoms with E-state index in [1.165, 1.54) is 7.11 Å². The summed E-state index contributed by atoms with van der Waals surface area (Å²) in [5.74, 6) is 2.82. The standard InChI is InChI=1S/C19H25ClN6O3/c1-13-23-17(12-18(24-13)26-7-9-29-10-8-26)21-5-6-22-19(27)25-15-11-14(20)3-4-16(15)28-2/h3-4,11-12H,5-10H2,1-2H3,(H,21,23,24)(H2,22,25,27). The first kappa shape index (κ1) is 20.9. The van der Waals surface area contributed by atoms with Gasteiger partial charge in [-0.15, -0.1) is 0 Å². The highest BCUT2D eigenvalue weighted by atomic mass is 35.5. The lowest BCUT2D eigenvalue weighted by Gasteiger charge is -2.28. The normalized spacial score (nSPS) is 13.7. The van der Waals surface area contributed by atoms with E-state index in [-0.39, 0.29) is 6.03 Å². The van der Waals surface area contributed by atoms with Crippen LogP contribution >= 0.6 is 11.6 Å². The Hall–Kier alpha value is -2.78. The molecule has 3 rings (SSSR count). The highest BCUT2D eigenvalue weighted by Gasteiger charge is 2.14. The summed E-state index contributed by atoms with van der Waals surface area (Å²) >= 11 is 5.97. The fourth-order valence-corrected chi connectivity index (χ4v) is 3.08. The molecule has 29 heavy (non-hydrogen) atoms. The zero-order chi connectivity index (χ0) is 20.6. The number of aryl methyl sites for hydroxylation is 1. The van der Waals surface area contributed by atoms with Crippen LogP contribution in [0.25, 0.3) is 0 Å². The van der Waals surface area contributed by atoms with Gasteiger partial charge in [-0.05, 0) is 25.1 Å². The number of urea groups is 1. The van der Waals surface area contributed by atoms with Gasteiger partial charge >= 0.3 is 6.03 Å². The zero-order valence-corrected chi connectivity index (χ0v) is 17.3. The molecule has 1 aromatic carbocycles. The van der Waals surface area contributed by atoms with E-state index in [0.29, 0.717) is 48.6 Å². The number of methoxy groups -OCH3 is 1. The lowest BCUT2D eigenvalue weighted by molar-refractivity contribution is 0.122. The number of aromatic nitrogens is 2. The summed E-state index contributed by atoms with van der Waals surface area (Å²) in [5.41, 5.74) is 0.507. The third-order valence-electron chi connectivity index (χ3n) is 4.29. The molecule has 9 nitrogen and oxygen atoms in total. The molecular weight excluding hydrogens is 396 g/mol. The number of carbonyl (C=O) groups is 1. The summed E-state index contributed by atoms with van der Waals surface area (Å²) in [6, 6.07) is 6.59. The van der Waals surface area contributed by atoms with Gasteiger partial charge in [0.05, 0.1) is 26.0 Å². The Morgan fingerprint density at radius 3 is 2.79 bits per heavy atom. The van der Waals surface area contributed by atoms with Crippen LogP contribution in [0.3, 0.4) is 0 Å². The largest absolute Gasteiger partial charge is 0.495 e. The van der Waals surface area contributed by atoms with Crippen LogP contribution in [0.1, 0.15) is 5.82 Å². The zero-order valence-electron chi connectivity index (χ0n) is 16.5. The Labute approximate surface area is 174 Å². The molecule has 2 amide bonds. The van der Waals surface area contributed by atoms with Crippen LogP contribution in [0, 0.1) is 6.92 Å². The smallest absolute Gasteiger partial charge is 0.319 e. The van der Waals surface area contributed by atoms with E-state index in [2.05, 4.69) is 30.8 Å². The van der Waals surface area contributed by atoms with E-state index in [0.717, 1.165) is 24.7 Å². The summed E-state index contributed by atoms with van der Waals surface area (Å²) in [6.07, 6.45) is 0. The SMILES string of the molecule is COc1ccc(Cl)cc1NC(=O)NCCNc1cc(N2CCOCC2)nc(C)n1. The monoisotopic (exact) mass is 420 g/mol. The summed E-state index contributed by atoms with van der Waals surface area (Å²) in [4.78, 5) is 23.2. The Morgan fingerprint density at radius 2 is 2.03 bits per heavy atom. The van der Waals surface area contributed by atoms with Crippen molar-refractivity contribution >= 4 is 35.0 Å². The van der Waals surface area contributed by atoms with Crippen LogP contribution < -0.4 is 25.6 Å². The van der Waals surface area contributed by atoms with Crippen molar-refractivity contribution in [3.63, 3.8) is 0 Å². The lowest BCUT2D eigenvalue weighted by atomic mass is 10.3. The summed E-state index contributed by atoms with van der Waals surface area (Å²) in [5, 5.41) is 9.24. The first-order chi connectivity index (χ1) is 14.0. The van der Waals surface area contributed by atoms with Gasteiger partial charge in [0.25, 0.3) is 0 Å². The van der Waals surface area contributed by atoms with E-state index in [1.54, 1.807) is 18.2 Å². The molecular formula is C19H25ClN6O3. The third-order valence-corrected chi connectivity index (χ3v) is 4.52. The number of benzene rings is 1. The van der Waals surface area contributed by atoms with Gasteiger partial charge in [-0.2, -0.15) is 0 Å². The van der Waals surface area contributed by atoms with Crippen molar-refractivity contribution in [3.05, 3.63) is 35.1 Å². The number of nitrogens with one attached hydrogen (secondary N) is 3. The molecule has 0 unspecified atom stereocenters. The fourth-order valence-electron chi connectivity index (χ4n) is 2.91. The molecule has 1 aliphatic heterocycles. The molecule has 0 saturated carbocycles. The molecule has 1 aliphatic rings. The number of morpholine rings is 1. The molecule has 0 atom stereocenters. The number of rotatable bonds is 7. The Kier molecular flexibility index (Phi) is 7.31. The van der Waals surface area contributed by atoms with Gasteiger partial charge in [0.2, 0.25) is 0 Å². The summed E-state index contributed by atoms with van der Waals surface area (Å²) in [6.45, 7) is 5.79. The second kappa shape index (κ2) is 10.1. The Morgan fingerprint density at radius 1 is 1.24 bits per heavy atom. The van der Waals surface area contributed by atoms with Gasteiger partial charge in [0, 0.05) is 37.3 Å². The van der Waals surface area contributed by atoms with Crippen LogP contribution in [0.4, 0.5) is 22.1 Å². The average molecular weight is 421 g/mol. The van der Waals surface area contributed by atoms with Gasteiger partial charge in [-0.3, -0.25) is 0 Å². The minimum atomic E-state index is -0.347. The quantitative estimate of drug-likeness (QED) is 0.591. The second-order valence-corrected chi connectivity index (χ2v) is 6.85. The molecule has 1 saturated heterocycles. The fraction of sp³-hybridized carbons (Fsp3) is 0.421. The van der Waals surface area contributed by atoms with Crippen molar-refractivity contribution in [1.82, 2.24) is 15.3 Å². The molecule has 0 bridgehead atoms. The van der Waals surface area contributed by atoms with Crippen molar-refractivity contribution in [2.24, 2.45) is 0 Å². The molecule has 1 aromatic heterocycles. The van der Waals surface area contributed by atoms with E-state index < -0.39 is 0 Å². The third kappa shape index (κ3) is 6.10. The maximum Gasteiger partial charge on any atom is 0.319 e. The van der Waals surface area contributed by atoms with Gasteiger partial charge < -0.3 is 30.3 Å². The van der Waals surface area contributed by atoms with Crippen LogP contribution in [0.2, 0.25) is 5.02 Å². The maximum atomic E-state index is 12.1. The molecule has 3 N–H and O–H groups in total. The number of halogens is 1. The van der Waals surface area contributed by atoms with E-state index in [9.17, 15) is 4.79 Å². The first-order valence-electron chi connectivity index (χ1n) is 9.36. The molecule has 10 heteroatoms. The number of hydrogen-bond acceptors (Lipinski definition) is 7. The van der Waals surface area contributed by atoms with Crippen molar-refractivity contribution in [2.75, 3.05) is 62.0 Å². The second-order valence-electron chi connectivity index (χ2n) is 6.41. The number of amides is 2. The van der Waals surface area contributed by atoms with E-state index >= 15 is 0 Å². The number of hydrogen-bond donors (Lipinski definition) is 3. The lowest BCUT2D eigenvalue weighted by Crippen LogP contribution is -2.37. The number of nitrogens with zero attached hydrogens (tertiary/aromatic N) is 3. The molecule has 156 valence electrons. The van der Waals surface area contributed by atoms with Crippen molar-refractivity contribution in [2.45, 2.75) is 6.92 Å². The Bertz CT molecular complexity index is 845. The van der Waals surface area contributed by atoms with Crippen LogP contribution in [0.15, 0.2) is 24.3 Å². The minimum Gasteiger partial charge on any atom is -0.495 e. The van der Waals surface area contributed by atoms with Crippen LogP contribution in [-0.2, 0) is 4.74 Å². The summed E-state index contributed by atoms with van der Waals surface area (Å²) < 4.78 is 10.6. The maximum absolute atomic E-state index is 12.1. The minimum absolute atomic E-state index is 0.347. The predicted molar refractivity (Wildman–Crippen MR) is 113 cm³/mol. The molecule has 2 aromatic rings.